The summed E-state index contributed by atoms with van der Waals surface area (Å²) < 4.78 is 101. The second-order valence-electron chi connectivity index (χ2n) is 7.93. The average molecular weight is 533 g/mol. The molecule has 2 aromatic carbocycles. The topological polar surface area (TPSA) is 103 Å². The van der Waals surface area contributed by atoms with E-state index in [0.29, 0.717) is 11.1 Å². The van der Waals surface area contributed by atoms with Gasteiger partial charge in [0.05, 0.1) is 19.8 Å². The molecule has 0 aromatic heterocycles. The van der Waals surface area contributed by atoms with Crippen LogP contribution < -0.4 is 0 Å². The van der Waals surface area contributed by atoms with Gasteiger partial charge in [0.15, 0.2) is 6.10 Å². The Morgan fingerprint density at radius 3 is 2.05 bits per heavy atom. The molecule has 1 fully saturated rings. The number of ether oxygens (including phenoxy) is 4. The molecule has 14 heteroatoms. The fourth-order valence-corrected chi connectivity index (χ4v) is 3.48. The number of nitrogens with zero attached hydrogens (tertiary/aromatic N) is 3. The van der Waals surface area contributed by atoms with E-state index in [1.807, 2.05) is 0 Å². The molecule has 1 saturated heterocycles. The predicted molar refractivity (Wildman–Crippen MR) is 115 cm³/mol. The highest BCUT2D eigenvalue weighted by Crippen LogP contribution is 2.38. The van der Waals surface area contributed by atoms with Gasteiger partial charge in [-0.25, -0.2) is 9.18 Å². The Morgan fingerprint density at radius 1 is 0.946 bits per heavy atom. The maximum atomic E-state index is 14.9. The zero-order valence-electron chi connectivity index (χ0n) is 18.9. The van der Waals surface area contributed by atoms with Gasteiger partial charge in [-0.1, -0.05) is 65.8 Å². The highest BCUT2D eigenvalue weighted by molar-refractivity contribution is 5.78. The fourth-order valence-electron chi connectivity index (χ4n) is 3.48. The summed E-state index contributed by atoms with van der Waals surface area (Å²) in [5.41, 5.74) is 10.0. The van der Waals surface area contributed by atoms with Gasteiger partial charge in [0, 0.05) is 4.91 Å². The van der Waals surface area contributed by atoms with Gasteiger partial charge in [-0.05, 0) is 16.7 Å². The van der Waals surface area contributed by atoms with Gasteiger partial charge in [0.1, 0.15) is 18.2 Å². The summed E-state index contributed by atoms with van der Waals surface area (Å²) in [5.74, 6) is -8.83. The van der Waals surface area contributed by atoms with Crippen LogP contribution in [0.2, 0.25) is 0 Å². The van der Waals surface area contributed by atoms with Crippen LogP contribution in [0, 0.1) is 0 Å². The highest BCUT2D eigenvalue weighted by atomic mass is 19.4. The Bertz CT molecular complexity index is 1070. The monoisotopic (exact) mass is 533 g/mol. The molecule has 8 nitrogen and oxygen atoms in total. The van der Waals surface area contributed by atoms with E-state index in [0.717, 1.165) is 0 Å². The van der Waals surface area contributed by atoms with Gasteiger partial charge in [0.2, 0.25) is 6.36 Å². The Morgan fingerprint density at radius 2 is 1.51 bits per heavy atom. The van der Waals surface area contributed by atoms with E-state index >= 15 is 0 Å². The molecule has 0 radical (unpaired) electrons. The second kappa shape index (κ2) is 12.3. The molecular formula is C23H21F6N3O5. The SMILES string of the molecule is [N-]=[N+]=N[C@@H]1[C@@H](OCc2ccccc2)[C@@H](OC(=O)C(F)(F)C(F)(F)F)[C@@H](COCc2ccccc2)O[C@H]1F. The lowest BCUT2D eigenvalue weighted by molar-refractivity contribution is -0.295. The molecule has 3 rings (SSSR count). The first-order chi connectivity index (χ1) is 17.5. The van der Waals surface area contributed by atoms with Crippen LogP contribution in [0.25, 0.3) is 10.4 Å². The predicted octanol–water partition coefficient (Wildman–Crippen LogP) is 5.27. The van der Waals surface area contributed by atoms with Crippen molar-refractivity contribution in [3.05, 3.63) is 82.2 Å². The summed E-state index contributed by atoms with van der Waals surface area (Å²) in [5, 5.41) is 3.20. The Labute approximate surface area is 206 Å². The molecule has 0 saturated carbocycles. The van der Waals surface area contributed by atoms with Crippen LogP contribution in [0.15, 0.2) is 65.8 Å². The minimum Gasteiger partial charge on any atom is -0.452 e. The van der Waals surface area contributed by atoms with Crippen molar-refractivity contribution in [3.8, 4) is 0 Å². The second-order valence-corrected chi connectivity index (χ2v) is 7.93. The molecule has 0 bridgehead atoms. The lowest BCUT2D eigenvalue weighted by Crippen LogP contribution is -2.60. The Hall–Kier alpha value is -3.32. The van der Waals surface area contributed by atoms with E-state index in [4.69, 9.17) is 19.7 Å². The third-order valence-electron chi connectivity index (χ3n) is 5.32. The van der Waals surface area contributed by atoms with Crippen LogP contribution in [0.1, 0.15) is 11.1 Å². The van der Waals surface area contributed by atoms with Crippen LogP contribution in [0.4, 0.5) is 26.3 Å². The van der Waals surface area contributed by atoms with Gasteiger partial charge in [-0.2, -0.15) is 22.0 Å². The van der Waals surface area contributed by atoms with E-state index in [9.17, 15) is 31.1 Å². The van der Waals surface area contributed by atoms with Crippen molar-refractivity contribution in [2.24, 2.45) is 5.11 Å². The molecule has 1 aliphatic rings. The van der Waals surface area contributed by atoms with E-state index in [2.05, 4.69) is 14.8 Å². The third kappa shape index (κ3) is 7.13. The van der Waals surface area contributed by atoms with Crippen molar-refractivity contribution in [3.63, 3.8) is 0 Å². The first-order valence-electron chi connectivity index (χ1n) is 10.8. The largest absolute Gasteiger partial charge is 0.465 e. The highest BCUT2D eigenvalue weighted by Gasteiger charge is 2.66. The van der Waals surface area contributed by atoms with Gasteiger partial charge < -0.3 is 18.9 Å². The molecule has 2 aromatic rings. The molecule has 5 atom stereocenters. The zero-order chi connectivity index (χ0) is 27.1. The van der Waals surface area contributed by atoms with E-state index in [1.54, 1.807) is 60.7 Å². The first-order valence-corrected chi connectivity index (χ1v) is 10.8. The number of rotatable bonds is 10. The summed E-state index contributed by atoms with van der Waals surface area (Å²) in [7, 11) is 0. The number of carbonyl (C=O) groups is 1. The van der Waals surface area contributed by atoms with E-state index in [-0.39, 0.29) is 13.2 Å². The normalized spacial score (nSPS) is 24.2. The first kappa shape index (κ1) is 28.3. The number of azide groups is 1. The number of halogens is 6. The molecule has 37 heavy (non-hydrogen) atoms. The van der Waals surface area contributed by atoms with Gasteiger partial charge in [-0.15, -0.1) is 0 Å². The molecule has 0 unspecified atom stereocenters. The van der Waals surface area contributed by atoms with Crippen molar-refractivity contribution >= 4 is 5.97 Å². The maximum Gasteiger partial charge on any atom is 0.465 e. The number of hydrogen-bond acceptors (Lipinski definition) is 6. The maximum absolute atomic E-state index is 14.9. The number of esters is 1. The summed E-state index contributed by atoms with van der Waals surface area (Å²) >= 11 is 0. The number of alkyl halides is 6. The van der Waals surface area contributed by atoms with Crippen molar-refractivity contribution in [1.29, 1.82) is 0 Å². The van der Waals surface area contributed by atoms with Gasteiger partial charge in [-0.3, -0.25) is 0 Å². The number of benzene rings is 2. The van der Waals surface area contributed by atoms with Crippen LogP contribution in [0.3, 0.4) is 0 Å². The van der Waals surface area contributed by atoms with Crippen LogP contribution in [-0.2, 0) is 37.0 Å². The van der Waals surface area contributed by atoms with Crippen LogP contribution in [0.5, 0.6) is 0 Å². The van der Waals surface area contributed by atoms with Crippen LogP contribution in [-0.4, -0.2) is 55.4 Å². The Kier molecular flexibility index (Phi) is 9.38. The fraction of sp³-hybridized carbons (Fsp3) is 0.435. The summed E-state index contributed by atoms with van der Waals surface area (Å²) in [6, 6.07) is 14.8. The van der Waals surface area contributed by atoms with Crippen LogP contribution >= 0.6 is 0 Å². The quantitative estimate of drug-likeness (QED) is 0.136. The molecule has 0 aliphatic carbocycles. The number of hydrogen-bond donors (Lipinski definition) is 0. The summed E-state index contributed by atoms with van der Waals surface area (Å²) in [6.07, 6.45) is -14.2. The molecule has 1 heterocycles. The number of carbonyl (C=O) groups excluding carboxylic acids is 1. The van der Waals surface area contributed by atoms with E-state index in [1.165, 1.54) is 0 Å². The van der Waals surface area contributed by atoms with Gasteiger partial charge in [0.25, 0.3) is 0 Å². The smallest absolute Gasteiger partial charge is 0.452 e. The average Bonchev–Trinajstić information content (AvgIpc) is 2.86. The summed E-state index contributed by atoms with van der Waals surface area (Å²) in [6.45, 7) is -0.956. The lowest BCUT2D eigenvalue weighted by Gasteiger charge is -2.42. The molecule has 0 amide bonds. The standard InChI is InChI=1S/C23H21F6N3O5/c24-20-17(31-32-30)19(35-12-15-9-5-2-6-10-15)18(37-21(33)22(25,26)23(27,28)29)16(36-20)13-34-11-14-7-3-1-4-8-14/h1-10,16-20H,11-13H2/t16-,17-,18+,19-,20-/m1/s1. The minimum atomic E-state index is -6.26. The molecule has 0 N–H and O–H groups in total. The molecule has 0 spiro atoms. The van der Waals surface area contributed by atoms with Crippen molar-refractivity contribution < 1.29 is 50.1 Å². The lowest BCUT2D eigenvalue weighted by atomic mass is 9.97. The molecule has 1 aliphatic heterocycles. The Balaban J connectivity index is 1.88. The van der Waals surface area contributed by atoms with Crippen molar-refractivity contribution in [2.75, 3.05) is 6.61 Å². The third-order valence-corrected chi connectivity index (χ3v) is 5.32. The zero-order valence-corrected chi connectivity index (χ0v) is 18.9. The van der Waals surface area contributed by atoms with Gasteiger partial charge >= 0.3 is 18.1 Å². The van der Waals surface area contributed by atoms with Crippen molar-refractivity contribution in [1.82, 2.24) is 0 Å². The minimum absolute atomic E-state index is 0.0631. The molecule has 200 valence electrons. The molecular weight excluding hydrogens is 512 g/mol. The van der Waals surface area contributed by atoms with E-state index < -0.39 is 55.4 Å². The van der Waals surface area contributed by atoms with Crippen molar-refractivity contribution in [2.45, 2.75) is 56.0 Å². The summed E-state index contributed by atoms with van der Waals surface area (Å²) in [4.78, 5) is 14.4.